The van der Waals surface area contributed by atoms with Gasteiger partial charge in [0.2, 0.25) is 0 Å². The van der Waals surface area contributed by atoms with E-state index < -0.39 is 0 Å². The van der Waals surface area contributed by atoms with E-state index in [0.717, 1.165) is 22.8 Å². The van der Waals surface area contributed by atoms with Crippen LogP contribution in [0.2, 0.25) is 5.15 Å². The molecule has 1 heterocycles. The normalized spacial score (nSPS) is 20.5. The molecule has 2 N–H and O–H groups in total. The summed E-state index contributed by atoms with van der Waals surface area (Å²) in [5.41, 5.74) is 8.89. The van der Waals surface area contributed by atoms with Crippen LogP contribution in [0.5, 0.6) is 0 Å². The maximum Gasteiger partial charge on any atom is 0.130 e. The largest absolute Gasteiger partial charge is 0.326 e. The Morgan fingerprint density at radius 3 is 2.29 bits per heavy atom. The Labute approximate surface area is 133 Å². The van der Waals surface area contributed by atoms with Gasteiger partial charge in [0, 0.05) is 24.2 Å². The van der Waals surface area contributed by atoms with Gasteiger partial charge in [-0.2, -0.15) is 5.10 Å². The molecule has 1 aliphatic carbocycles. The number of rotatable bonds is 4. The smallest absolute Gasteiger partial charge is 0.130 e. The maximum absolute atomic E-state index is 6.70. The van der Waals surface area contributed by atoms with Crippen LogP contribution in [0.15, 0.2) is 0 Å². The van der Waals surface area contributed by atoms with E-state index in [1.165, 1.54) is 38.5 Å². The van der Waals surface area contributed by atoms with Crippen molar-refractivity contribution in [3.63, 3.8) is 0 Å². The highest BCUT2D eigenvalue weighted by molar-refractivity contribution is 6.30. The Balaban J connectivity index is 2.24. The zero-order valence-corrected chi connectivity index (χ0v) is 14.6. The van der Waals surface area contributed by atoms with Crippen molar-refractivity contribution in [2.45, 2.75) is 63.5 Å². The fraction of sp³-hybridized carbons (Fsp3) is 0.812. The van der Waals surface area contributed by atoms with Crippen molar-refractivity contribution in [3.8, 4) is 0 Å². The summed E-state index contributed by atoms with van der Waals surface area (Å²) in [5.74, 6) is 0. The second-order valence-electron chi connectivity index (χ2n) is 6.70. The summed E-state index contributed by atoms with van der Waals surface area (Å²) < 4.78 is 1.74. The van der Waals surface area contributed by atoms with E-state index in [2.05, 4.69) is 24.1 Å². The summed E-state index contributed by atoms with van der Waals surface area (Å²) in [6.45, 7) is 2.02. The molecule has 1 unspecified atom stereocenters. The summed E-state index contributed by atoms with van der Waals surface area (Å²) in [4.78, 5) is 2.35. The number of nitrogens with two attached hydrogens (primary N) is 1. The SMILES string of the molecule is Cc1nn(C)c(Cl)c1CC(N)C1(N(C)C)CCCCCC1. The standard InChI is InChI=1S/C16H29ClN4/c1-12-13(15(17)21(4)19-12)11-14(18)16(20(2)3)9-7-5-6-8-10-16/h14H,5-11,18H2,1-4H3. The summed E-state index contributed by atoms with van der Waals surface area (Å²) in [5, 5.41) is 5.14. The van der Waals surface area contributed by atoms with Crippen molar-refractivity contribution in [3.05, 3.63) is 16.4 Å². The summed E-state index contributed by atoms with van der Waals surface area (Å²) >= 11 is 6.39. The molecule has 0 aliphatic heterocycles. The molecule has 120 valence electrons. The predicted molar refractivity (Wildman–Crippen MR) is 88.8 cm³/mol. The van der Waals surface area contributed by atoms with Gasteiger partial charge in [-0.15, -0.1) is 0 Å². The average Bonchev–Trinajstić information content (AvgIpc) is 2.66. The van der Waals surface area contributed by atoms with Gasteiger partial charge in [0.05, 0.1) is 5.69 Å². The van der Waals surface area contributed by atoms with Crippen molar-refractivity contribution in [2.75, 3.05) is 14.1 Å². The Hall–Kier alpha value is -0.580. The first-order valence-corrected chi connectivity index (χ1v) is 8.37. The topological polar surface area (TPSA) is 47.1 Å². The molecule has 1 aromatic rings. The highest BCUT2D eigenvalue weighted by Gasteiger charge is 2.39. The minimum Gasteiger partial charge on any atom is -0.326 e. The Bertz CT molecular complexity index is 473. The number of aryl methyl sites for hydroxylation is 2. The van der Waals surface area contributed by atoms with Gasteiger partial charge in [-0.1, -0.05) is 37.3 Å². The molecule has 1 aromatic heterocycles. The van der Waals surface area contributed by atoms with Crippen LogP contribution in [-0.2, 0) is 13.5 Å². The molecule has 21 heavy (non-hydrogen) atoms. The first kappa shape index (κ1) is 16.8. The molecular formula is C16H29ClN4. The predicted octanol–water partition coefficient (Wildman–Crippen LogP) is 2.91. The van der Waals surface area contributed by atoms with Gasteiger partial charge in [0.1, 0.15) is 5.15 Å². The molecule has 2 rings (SSSR count). The third kappa shape index (κ3) is 3.27. The van der Waals surface area contributed by atoms with E-state index in [-0.39, 0.29) is 11.6 Å². The third-order valence-electron chi connectivity index (χ3n) is 5.24. The zero-order chi connectivity index (χ0) is 15.6. The zero-order valence-electron chi connectivity index (χ0n) is 13.8. The molecule has 1 aliphatic rings. The minimum atomic E-state index is 0.0854. The molecule has 0 amide bonds. The fourth-order valence-electron chi connectivity index (χ4n) is 3.81. The van der Waals surface area contributed by atoms with E-state index in [1.54, 1.807) is 4.68 Å². The van der Waals surface area contributed by atoms with E-state index in [4.69, 9.17) is 17.3 Å². The Morgan fingerprint density at radius 2 is 1.86 bits per heavy atom. The Kier molecular flexibility index (Phi) is 5.33. The monoisotopic (exact) mass is 312 g/mol. The lowest BCUT2D eigenvalue weighted by atomic mass is 9.79. The summed E-state index contributed by atoms with van der Waals surface area (Å²) in [7, 11) is 6.23. The van der Waals surface area contributed by atoms with Gasteiger partial charge in [-0.3, -0.25) is 4.68 Å². The molecule has 1 atom stereocenters. The maximum atomic E-state index is 6.70. The highest BCUT2D eigenvalue weighted by atomic mass is 35.5. The molecule has 1 fully saturated rings. The summed E-state index contributed by atoms with van der Waals surface area (Å²) in [6, 6.07) is 0.0889. The van der Waals surface area contributed by atoms with Crippen LogP contribution in [-0.4, -0.2) is 40.4 Å². The summed E-state index contributed by atoms with van der Waals surface area (Å²) in [6.07, 6.45) is 8.36. The number of likely N-dealkylation sites (N-methyl/N-ethyl adjacent to an activating group) is 1. The van der Waals surface area contributed by atoms with Crippen molar-refractivity contribution < 1.29 is 0 Å². The molecule has 0 aromatic carbocycles. The highest BCUT2D eigenvalue weighted by Crippen LogP contribution is 2.35. The lowest BCUT2D eigenvalue weighted by Gasteiger charge is -2.44. The molecule has 5 heteroatoms. The van der Waals surface area contributed by atoms with Crippen LogP contribution >= 0.6 is 11.6 Å². The van der Waals surface area contributed by atoms with Crippen LogP contribution in [0, 0.1) is 6.92 Å². The van der Waals surface area contributed by atoms with Crippen LogP contribution < -0.4 is 5.73 Å². The number of hydrogen-bond acceptors (Lipinski definition) is 3. The molecule has 0 saturated heterocycles. The van der Waals surface area contributed by atoms with Crippen molar-refractivity contribution in [1.82, 2.24) is 14.7 Å². The third-order valence-corrected chi connectivity index (χ3v) is 5.72. The van der Waals surface area contributed by atoms with Crippen LogP contribution in [0.3, 0.4) is 0 Å². The van der Waals surface area contributed by atoms with Crippen molar-refractivity contribution >= 4 is 11.6 Å². The number of aromatic nitrogens is 2. The molecule has 1 saturated carbocycles. The van der Waals surface area contributed by atoms with Crippen molar-refractivity contribution in [1.29, 1.82) is 0 Å². The number of hydrogen-bond donors (Lipinski definition) is 1. The quantitative estimate of drug-likeness (QED) is 0.870. The fourth-order valence-corrected chi connectivity index (χ4v) is 4.06. The van der Waals surface area contributed by atoms with E-state index in [1.807, 2.05) is 14.0 Å². The van der Waals surface area contributed by atoms with E-state index in [0.29, 0.717) is 0 Å². The second kappa shape index (κ2) is 6.67. The van der Waals surface area contributed by atoms with Crippen LogP contribution in [0.25, 0.3) is 0 Å². The van der Waals surface area contributed by atoms with Gasteiger partial charge in [-0.05, 0) is 40.3 Å². The van der Waals surface area contributed by atoms with Gasteiger partial charge >= 0.3 is 0 Å². The second-order valence-corrected chi connectivity index (χ2v) is 7.06. The lowest BCUT2D eigenvalue weighted by Crippen LogP contribution is -2.58. The van der Waals surface area contributed by atoms with Crippen LogP contribution in [0.1, 0.15) is 49.8 Å². The van der Waals surface area contributed by atoms with Gasteiger partial charge < -0.3 is 10.6 Å². The number of halogens is 1. The van der Waals surface area contributed by atoms with Gasteiger partial charge in [0.25, 0.3) is 0 Å². The minimum absolute atomic E-state index is 0.0854. The van der Waals surface area contributed by atoms with Gasteiger partial charge in [-0.25, -0.2) is 0 Å². The molecule has 4 nitrogen and oxygen atoms in total. The molecule has 0 bridgehead atoms. The first-order valence-electron chi connectivity index (χ1n) is 7.99. The van der Waals surface area contributed by atoms with Gasteiger partial charge in [0.15, 0.2) is 0 Å². The average molecular weight is 313 g/mol. The first-order chi connectivity index (χ1) is 9.88. The molecule has 0 spiro atoms. The Morgan fingerprint density at radius 1 is 1.29 bits per heavy atom. The molecular weight excluding hydrogens is 284 g/mol. The number of nitrogens with zero attached hydrogens (tertiary/aromatic N) is 3. The van der Waals surface area contributed by atoms with Crippen molar-refractivity contribution in [2.24, 2.45) is 12.8 Å². The van der Waals surface area contributed by atoms with Crippen LogP contribution in [0.4, 0.5) is 0 Å². The van der Waals surface area contributed by atoms with E-state index in [9.17, 15) is 0 Å². The molecule has 0 radical (unpaired) electrons. The van der Waals surface area contributed by atoms with E-state index >= 15 is 0 Å². The lowest BCUT2D eigenvalue weighted by molar-refractivity contribution is 0.0967.